The number of benzene rings is 4. The van der Waals surface area contributed by atoms with Crippen LogP contribution >= 0.6 is 0 Å². The average molecular weight is 336 g/mol. The summed E-state index contributed by atoms with van der Waals surface area (Å²) in [7, 11) is 0. The third-order valence-electron chi connectivity index (χ3n) is 4.64. The molecule has 0 saturated heterocycles. The van der Waals surface area contributed by atoms with Gasteiger partial charge >= 0.3 is 0 Å². The third kappa shape index (κ3) is 2.82. The van der Waals surface area contributed by atoms with Crippen LogP contribution in [0.1, 0.15) is 0 Å². The van der Waals surface area contributed by atoms with Crippen LogP contribution in [0.4, 0.5) is 11.4 Å². The first kappa shape index (κ1) is 16.0. The highest BCUT2D eigenvalue weighted by atomic mass is 14.6. The molecule has 126 valence electrons. The van der Waals surface area contributed by atoms with Gasteiger partial charge in [0.05, 0.1) is 0 Å². The fraction of sp³-hybridized carbons (Fsp3) is 0. The summed E-state index contributed by atoms with van der Waals surface area (Å²) in [4.78, 5) is 0. The smallest absolute Gasteiger partial charge is 0.0494 e. The van der Waals surface area contributed by atoms with Crippen molar-refractivity contribution in [1.82, 2.24) is 0 Å². The van der Waals surface area contributed by atoms with Gasteiger partial charge in [0.25, 0.3) is 0 Å². The number of anilines is 2. The first-order valence-electron chi connectivity index (χ1n) is 8.64. The van der Waals surface area contributed by atoms with Crippen molar-refractivity contribution < 1.29 is 0 Å². The second kappa shape index (κ2) is 6.77. The molecule has 0 aromatic heterocycles. The van der Waals surface area contributed by atoms with Crippen LogP contribution < -0.4 is 11.5 Å². The molecule has 0 bridgehead atoms. The van der Waals surface area contributed by atoms with Gasteiger partial charge in [0, 0.05) is 28.1 Å². The monoisotopic (exact) mass is 336 g/mol. The second-order valence-corrected chi connectivity index (χ2v) is 6.27. The molecule has 0 unspecified atom stereocenters. The standard InChI is InChI=1S/C24H20N2/c25-23-20(17-10-4-1-5-11-17)16-21(18-12-6-2-7-13-18)24(26)22(23)19-14-8-3-9-15-19/h1-16H,25-26H2. The van der Waals surface area contributed by atoms with Crippen molar-refractivity contribution in [2.24, 2.45) is 0 Å². The van der Waals surface area contributed by atoms with Crippen LogP contribution in [0.15, 0.2) is 97.1 Å². The lowest BCUT2D eigenvalue weighted by Crippen LogP contribution is -2.02. The molecule has 0 heterocycles. The van der Waals surface area contributed by atoms with Gasteiger partial charge in [-0.2, -0.15) is 0 Å². The van der Waals surface area contributed by atoms with Crippen LogP contribution in [-0.2, 0) is 0 Å². The molecule has 0 aliphatic heterocycles. The van der Waals surface area contributed by atoms with Crippen molar-refractivity contribution in [3.05, 3.63) is 97.1 Å². The van der Waals surface area contributed by atoms with E-state index >= 15 is 0 Å². The van der Waals surface area contributed by atoms with Crippen LogP contribution in [0.5, 0.6) is 0 Å². The van der Waals surface area contributed by atoms with Crippen molar-refractivity contribution in [1.29, 1.82) is 0 Å². The van der Waals surface area contributed by atoms with E-state index in [9.17, 15) is 0 Å². The third-order valence-corrected chi connectivity index (χ3v) is 4.64. The van der Waals surface area contributed by atoms with E-state index in [4.69, 9.17) is 11.5 Å². The maximum atomic E-state index is 6.62. The molecule has 2 heteroatoms. The summed E-state index contributed by atoms with van der Waals surface area (Å²) in [6.45, 7) is 0. The Morgan fingerprint density at radius 1 is 0.423 bits per heavy atom. The van der Waals surface area contributed by atoms with E-state index in [-0.39, 0.29) is 0 Å². The summed E-state index contributed by atoms with van der Waals surface area (Å²) in [5.41, 5.74) is 20.7. The number of nitrogen functional groups attached to an aromatic ring is 2. The van der Waals surface area contributed by atoms with Gasteiger partial charge in [-0.25, -0.2) is 0 Å². The lowest BCUT2D eigenvalue weighted by molar-refractivity contribution is 1.55. The Bertz CT molecular complexity index is 960. The molecule has 2 nitrogen and oxygen atoms in total. The summed E-state index contributed by atoms with van der Waals surface area (Å²) in [5.74, 6) is 0. The highest BCUT2D eigenvalue weighted by Gasteiger charge is 2.17. The van der Waals surface area contributed by atoms with E-state index in [1.54, 1.807) is 0 Å². The van der Waals surface area contributed by atoms with Crippen LogP contribution in [0.3, 0.4) is 0 Å². The number of hydrogen-bond donors (Lipinski definition) is 2. The summed E-state index contributed by atoms with van der Waals surface area (Å²) in [5, 5.41) is 0. The first-order chi connectivity index (χ1) is 12.8. The van der Waals surface area contributed by atoms with Crippen LogP contribution in [0.25, 0.3) is 33.4 Å². The minimum Gasteiger partial charge on any atom is -0.398 e. The molecule has 0 saturated carbocycles. The van der Waals surface area contributed by atoms with Gasteiger partial charge in [0.1, 0.15) is 0 Å². The fourth-order valence-corrected chi connectivity index (χ4v) is 3.34. The Kier molecular flexibility index (Phi) is 4.16. The maximum Gasteiger partial charge on any atom is 0.0494 e. The Labute approximate surface area is 153 Å². The first-order valence-corrected chi connectivity index (χ1v) is 8.64. The molecule has 0 aliphatic carbocycles. The highest BCUT2D eigenvalue weighted by Crippen LogP contribution is 2.44. The van der Waals surface area contributed by atoms with Crippen molar-refractivity contribution in [2.75, 3.05) is 11.5 Å². The van der Waals surface area contributed by atoms with Crippen LogP contribution in [0, 0.1) is 0 Å². The van der Waals surface area contributed by atoms with Gasteiger partial charge in [-0.05, 0) is 22.8 Å². The van der Waals surface area contributed by atoms with Crippen LogP contribution in [-0.4, -0.2) is 0 Å². The Hall–Kier alpha value is -3.52. The zero-order valence-electron chi connectivity index (χ0n) is 14.4. The highest BCUT2D eigenvalue weighted by molar-refractivity contribution is 6.02. The van der Waals surface area contributed by atoms with Crippen LogP contribution in [0.2, 0.25) is 0 Å². The molecule has 26 heavy (non-hydrogen) atoms. The maximum absolute atomic E-state index is 6.62. The zero-order valence-corrected chi connectivity index (χ0v) is 14.4. The number of nitrogens with two attached hydrogens (primary N) is 2. The second-order valence-electron chi connectivity index (χ2n) is 6.27. The molecule has 4 aromatic rings. The molecule has 0 aliphatic rings. The molecule has 0 amide bonds. The lowest BCUT2D eigenvalue weighted by Gasteiger charge is -2.19. The van der Waals surface area contributed by atoms with E-state index in [2.05, 4.69) is 30.3 Å². The minimum atomic E-state index is 0.708. The van der Waals surface area contributed by atoms with Gasteiger partial charge in [-0.3, -0.25) is 0 Å². The predicted molar refractivity (Wildman–Crippen MR) is 112 cm³/mol. The molecule has 4 rings (SSSR count). The summed E-state index contributed by atoms with van der Waals surface area (Å²) >= 11 is 0. The van der Waals surface area contributed by atoms with Crippen molar-refractivity contribution in [2.45, 2.75) is 0 Å². The Morgan fingerprint density at radius 3 is 1.15 bits per heavy atom. The van der Waals surface area contributed by atoms with Crippen molar-refractivity contribution in [3.63, 3.8) is 0 Å². The van der Waals surface area contributed by atoms with Gasteiger partial charge in [0.2, 0.25) is 0 Å². The molecule has 0 fully saturated rings. The fourth-order valence-electron chi connectivity index (χ4n) is 3.34. The van der Waals surface area contributed by atoms with Gasteiger partial charge < -0.3 is 11.5 Å². The Morgan fingerprint density at radius 2 is 0.769 bits per heavy atom. The molecule has 0 atom stereocenters. The van der Waals surface area contributed by atoms with E-state index in [1.807, 2.05) is 66.7 Å². The summed E-state index contributed by atoms with van der Waals surface area (Å²) < 4.78 is 0. The van der Waals surface area contributed by atoms with Crippen molar-refractivity contribution >= 4 is 11.4 Å². The normalized spacial score (nSPS) is 10.6. The SMILES string of the molecule is Nc1c(-c2ccccc2)cc(-c2ccccc2)c(N)c1-c1ccccc1. The largest absolute Gasteiger partial charge is 0.398 e. The van der Waals surface area contributed by atoms with Crippen molar-refractivity contribution in [3.8, 4) is 33.4 Å². The summed E-state index contributed by atoms with van der Waals surface area (Å²) in [6.07, 6.45) is 0. The molecular weight excluding hydrogens is 316 g/mol. The zero-order chi connectivity index (χ0) is 17.9. The van der Waals surface area contributed by atoms with Gasteiger partial charge in [-0.15, -0.1) is 0 Å². The van der Waals surface area contributed by atoms with E-state index in [0.717, 1.165) is 33.4 Å². The molecular formula is C24H20N2. The van der Waals surface area contributed by atoms with Gasteiger partial charge in [-0.1, -0.05) is 91.0 Å². The van der Waals surface area contributed by atoms with E-state index in [1.165, 1.54) is 0 Å². The van der Waals surface area contributed by atoms with Gasteiger partial charge in [0.15, 0.2) is 0 Å². The quantitative estimate of drug-likeness (QED) is 0.461. The topological polar surface area (TPSA) is 52.0 Å². The number of rotatable bonds is 3. The van der Waals surface area contributed by atoms with E-state index < -0.39 is 0 Å². The minimum absolute atomic E-state index is 0.708. The predicted octanol–water partition coefficient (Wildman–Crippen LogP) is 5.85. The molecule has 0 spiro atoms. The molecule has 4 aromatic carbocycles. The summed E-state index contributed by atoms with van der Waals surface area (Å²) in [6, 6.07) is 32.6. The molecule has 0 radical (unpaired) electrons. The van der Waals surface area contributed by atoms with E-state index in [0.29, 0.717) is 11.4 Å². The Balaban J connectivity index is 2.05. The average Bonchev–Trinajstić information content (AvgIpc) is 2.70. The number of hydrogen-bond acceptors (Lipinski definition) is 2. The lowest BCUT2D eigenvalue weighted by atomic mass is 9.89. The molecule has 4 N–H and O–H groups in total.